The van der Waals surface area contributed by atoms with E-state index >= 15 is 0 Å². The maximum absolute atomic E-state index is 12.9. The second-order valence-electron chi connectivity index (χ2n) is 2.59. The molecule has 1 unspecified atom stereocenters. The van der Waals surface area contributed by atoms with Crippen molar-refractivity contribution in [3.8, 4) is 0 Å². The monoisotopic (exact) mass is 245 g/mol. The van der Waals surface area contributed by atoms with Gasteiger partial charge in [-0.1, -0.05) is 13.0 Å². The zero-order chi connectivity index (χ0) is 9.84. The second kappa shape index (κ2) is 4.46. The molecule has 2 nitrogen and oxygen atoms in total. The summed E-state index contributed by atoms with van der Waals surface area (Å²) in [6.45, 7) is 1.63. The van der Waals surface area contributed by atoms with Gasteiger partial charge in [-0.2, -0.15) is 0 Å². The molecule has 1 atom stereocenters. The molecule has 0 aliphatic rings. The van der Waals surface area contributed by atoms with Gasteiger partial charge in [0.2, 0.25) is 5.78 Å². The quantitative estimate of drug-likeness (QED) is 0.606. The smallest absolute Gasteiger partial charge is 0.215 e. The Balaban J connectivity index is 2.89. The van der Waals surface area contributed by atoms with Crippen molar-refractivity contribution in [3.05, 3.63) is 28.5 Å². The van der Waals surface area contributed by atoms with Crippen LogP contribution in [0.5, 0.6) is 0 Å². The summed E-state index contributed by atoms with van der Waals surface area (Å²) in [5.74, 6) is -0.552. The molecular formula is C9H9BrFNO. The van der Waals surface area contributed by atoms with E-state index < -0.39 is 12.0 Å². The van der Waals surface area contributed by atoms with Crippen LogP contribution in [0.2, 0.25) is 0 Å². The van der Waals surface area contributed by atoms with E-state index in [1.54, 1.807) is 19.1 Å². The van der Waals surface area contributed by atoms with Crippen molar-refractivity contribution in [3.63, 3.8) is 0 Å². The van der Waals surface area contributed by atoms with Gasteiger partial charge < -0.3 is 0 Å². The summed E-state index contributed by atoms with van der Waals surface area (Å²) < 4.78 is 13.5. The molecule has 1 heterocycles. The predicted octanol–water partition coefficient (Wildman–Crippen LogP) is 2.77. The van der Waals surface area contributed by atoms with Gasteiger partial charge in [-0.3, -0.25) is 4.79 Å². The van der Waals surface area contributed by atoms with Gasteiger partial charge >= 0.3 is 0 Å². The van der Waals surface area contributed by atoms with Gasteiger partial charge in [-0.25, -0.2) is 9.37 Å². The zero-order valence-electron chi connectivity index (χ0n) is 7.13. The minimum absolute atomic E-state index is 0.170. The first-order chi connectivity index (χ1) is 6.15. The number of halogens is 2. The van der Waals surface area contributed by atoms with Crippen molar-refractivity contribution in [1.82, 2.24) is 4.98 Å². The third-order valence-corrected chi connectivity index (χ3v) is 2.05. The van der Waals surface area contributed by atoms with Crippen LogP contribution in [0.15, 0.2) is 22.8 Å². The molecule has 70 valence electrons. The van der Waals surface area contributed by atoms with Crippen LogP contribution < -0.4 is 0 Å². The minimum Gasteiger partial charge on any atom is -0.289 e. The topological polar surface area (TPSA) is 30.0 Å². The third-order valence-electron chi connectivity index (χ3n) is 1.61. The number of hydrogen-bond donors (Lipinski definition) is 0. The molecule has 13 heavy (non-hydrogen) atoms. The first kappa shape index (κ1) is 10.3. The zero-order valence-corrected chi connectivity index (χ0v) is 8.71. The standard InChI is InChI=1S/C9H9BrFNO/c1-2-6(11)9(13)7-4-3-5-8(10)12-7/h3-6H,2H2,1H3. The number of aromatic nitrogens is 1. The fourth-order valence-corrected chi connectivity index (χ4v) is 1.24. The highest BCUT2D eigenvalue weighted by molar-refractivity contribution is 9.10. The fourth-order valence-electron chi connectivity index (χ4n) is 0.891. The third kappa shape index (κ3) is 2.59. The molecule has 0 radical (unpaired) electrons. The van der Waals surface area contributed by atoms with Crippen molar-refractivity contribution in [2.45, 2.75) is 19.5 Å². The van der Waals surface area contributed by atoms with Crippen LogP contribution in [0.1, 0.15) is 23.8 Å². The van der Waals surface area contributed by atoms with Crippen molar-refractivity contribution in [2.24, 2.45) is 0 Å². The van der Waals surface area contributed by atoms with Gasteiger partial charge in [-0.15, -0.1) is 0 Å². The molecule has 1 aromatic rings. The Kier molecular flexibility index (Phi) is 3.54. The molecule has 4 heteroatoms. The second-order valence-corrected chi connectivity index (χ2v) is 3.40. The summed E-state index contributed by atoms with van der Waals surface area (Å²) in [6.07, 6.45) is -1.26. The Bertz CT molecular complexity index is 316. The largest absolute Gasteiger partial charge is 0.289 e. The Morgan fingerprint density at radius 1 is 1.69 bits per heavy atom. The summed E-state index contributed by atoms with van der Waals surface area (Å²) in [7, 11) is 0. The first-order valence-electron chi connectivity index (χ1n) is 3.96. The van der Waals surface area contributed by atoms with Crippen LogP contribution in [-0.2, 0) is 0 Å². The van der Waals surface area contributed by atoms with Crippen molar-refractivity contribution < 1.29 is 9.18 Å². The van der Waals surface area contributed by atoms with Crippen LogP contribution in [0.25, 0.3) is 0 Å². The number of hydrogen-bond acceptors (Lipinski definition) is 2. The van der Waals surface area contributed by atoms with E-state index in [0.717, 1.165) is 0 Å². The number of carbonyl (C=O) groups is 1. The highest BCUT2D eigenvalue weighted by Gasteiger charge is 2.17. The maximum Gasteiger partial charge on any atom is 0.215 e. The van der Waals surface area contributed by atoms with Crippen molar-refractivity contribution in [2.75, 3.05) is 0 Å². The van der Waals surface area contributed by atoms with E-state index in [4.69, 9.17) is 0 Å². The summed E-state index contributed by atoms with van der Waals surface area (Å²) in [5.41, 5.74) is 0.170. The number of ketones is 1. The van der Waals surface area contributed by atoms with Crippen LogP contribution >= 0.6 is 15.9 Å². The maximum atomic E-state index is 12.9. The van der Waals surface area contributed by atoms with E-state index in [2.05, 4.69) is 20.9 Å². The Hall–Kier alpha value is -0.770. The average molecular weight is 246 g/mol. The Morgan fingerprint density at radius 2 is 2.38 bits per heavy atom. The summed E-state index contributed by atoms with van der Waals surface area (Å²) >= 11 is 3.12. The van der Waals surface area contributed by atoms with Gasteiger partial charge in [-0.05, 0) is 34.5 Å². The summed E-state index contributed by atoms with van der Waals surface area (Å²) in [5, 5.41) is 0. The molecule has 0 saturated heterocycles. The van der Waals surface area contributed by atoms with E-state index in [-0.39, 0.29) is 12.1 Å². The average Bonchev–Trinajstić information content (AvgIpc) is 2.15. The Labute approximate surface area is 84.3 Å². The molecule has 0 aliphatic heterocycles. The van der Waals surface area contributed by atoms with Gasteiger partial charge in [0.05, 0.1) is 0 Å². The van der Waals surface area contributed by atoms with Crippen LogP contribution in [-0.4, -0.2) is 16.9 Å². The molecule has 1 rings (SSSR count). The van der Waals surface area contributed by atoms with Crippen LogP contribution in [0.3, 0.4) is 0 Å². The molecule has 0 fully saturated rings. The van der Waals surface area contributed by atoms with E-state index in [9.17, 15) is 9.18 Å². The molecule has 1 aromatic heterocycles. The molecule has 0 amide bonds. The molecule has 0 spiro atoms. The van der Waals surface area contributed by atoms with Gasteiger partial charge in [0.1, 0.15) is 10.3 Å². The number of nitrogens with zero attached hydrogens (tertiary/aromatic N) is 1. The number of pyridine rings is 1. The Morgan fingerprint density at radius 3 is 2.92 bits per heavy atom. The van der Waals surface area contributed by atoms with Crippen molar-refractivity contribution >= 4 is 21.7 Å². The number of carbonyl (C=O) groups excluding carboxylic acids is 1. The molecule has 0 saturated carbocycles. The van der Waals surface area contributed by atoms with E-state index in [1.165, 1.54) is 6.07 Å². The van der Waals surface area contributed by atoms with E-state index in [1.807, 2.05) is 0 Å². The lowest BCUT2D eigenvalue weighted by Gasteiger charge is -2.02. The lowest BCUT2D eigenvalue weighted by Crippen LogP contribution is -2.15. The SMILES string of the molecule is CCC(F)C(=O)c1cccc(Br)n1. The first-order valence-corrected chi connectivity index (χ1v) is 4.75. The molecular weight excluding hydrogens is 237 g/mol. The van der Waals surface area contributed by atoms with Gasteiger partial charge in [0.15, 0.2) is 6.17 Å². The summed E-state index contributed by atoms with van der Waals surface area (Å²) in [4.78, 5) is 15.1. The van der Waals surface area contributed by atoms with Crippen LogP contribution in [0, 0.1) is 0 Å². The highest BCUT2D eigenvalue weighted by Crippen LogP contribution is 2.10. The lowest BCUT2D eigenvalue weighted by atomic mass is 10.1. The molecule has 0 aromatic carbocycles. The van der Waals surface area contributed by atoms with Gasteiger partial charge in [0, 0.05) is 0 Å². The number of alkyl halides is 1. The lowest BCUT2D eigenvalue weighted by molar-refractivity contribution is 0.0868. The normalized spacial score (nSPS) is 12.5. The van der Waals surface area contributed by atoms with Crippen LogP contribution in [0.4, 0.5) is 4.39 Å². The molecule has 0 aliphatic carbocycles. The van der Waals surface area contributed by atoms with Crippen molar-refractivity contribution in [1.29, 1.82) is 0 Å². The van der Waals surface area contributed by atoms with Gasteiger partial charge in [0.25, 0.3) is 0 Å². The fraction of sp³-hybridized carbons (Fsp3) is 0.333. The number of rotatable bonds is 3. The predicted molar refractivity (Wildman–Crippen MR) is 51.5 cm³/mol. The molecule has 0 bridgehead atoms. The number of Topliss-reactive ketones (excluding diaryl/α,β-unsaturated/α-hetero) is 1. The minimum atomic E-state index is -1.44. The molecule has 0 N–H and O–H groups in total. The summed E-state index contributed by atoms with van der Waals surface area (Å²) in [6, 6.07) is 4.86. The van der Waals surface area contributed by atoms with E-state index in [0.29, 0.717) is 4.60 Å². The highest BCUT2D eigenvalue weighted by atomic mass is 79.9.